The van der Waals surface area contributed by atoms with Gasteiger partial charge in [-0.2, -0.15) is 0 Å². The number of aromatic nitrogens is 4. The first kappa shape index (κ1) is 19.1. The quantitative estimate of drug-likeness (QED) is 0.476. The minimum Gasteiger partial charge on any atom is -0.362 e. The fourth-order valence-corrected chi connectivity index (χ4v) is 4.56. The highest BCUT2D eigenvalue weighted by Gasteiger charge is 2.23. The molecule has 0 aliphatic carbocycles. The molecule has 8 heteroatoms. The molecular weight excluding hydrogens is 394 g/mol. The molecule has 4 rings (SSSR count). The molecule has 1 aromatic carbocycles. The van der Waals surface area contributed by atoms with Gasteiger partial charge in [-0.05, 0) is 51.0 Å². The van der Waals surface area contributed by atoms with Crippen molar-refractivity contribution < 1.29 is 4.79 Å². The van der Waals surface area contributed by atoms with Crippen LogP contribution in [0.3, 0.4) is 0 Å². The molecule has 0 unspecified atom stereocenters. The third-order valence-corrected chi connectivity index (χ3v) is 6.02. The summed E-state index contributed by atoms with van der Waals surface area (Å²) < 4.78 is 2.00. The van der Waals surface area contributed by atoms with Gasteiger partial charge in [0.25, 0.3) is 0 Å². The molecule has 0 saturated carbocycles. The van der Waals surface area contributed by atoms with E-state index in [1.165, 1.54) is 11.8 Å². The van der Waals surface area contributed by atoms with Gasteiger partial charge in [-0.1, -0.05) is 29.4 Å². The van der Waals surface area contributed by atoms with Crippen LogP contribution in [0.4, 0.5) is 5.95 Å². The molecule has 3 heterocycles. The van der Waals surface area contributed by atoms with Crippen LogP contribution in [0.2, 0.25) is 5.02 Å². The van der Waals surface area contributed by atoms with Gasteiger partial charge in [0.15, 0.2) is 10.9 Å². The van der Waals surface area contributed by atoms with Crippen LogP contribution in [0.25, 0.3) is 5.69 Å². The molecule has 1 N–H and O–H groups in total. The first-order chi connectivity index (χ1) is 13.5. The summed E-state index contributed by atoms with van der Waals surface area (Å²) >= 11 is 7.63. The number of anilines is 1. The second-order valence-corrected chi connectivity index (χ2v) is 8.37. The maximum atomic E-state index is 12.7. The molecule has 0 bridgehead atoms. The van der Waals surface area contributed by atoms with Crippen LogP contribution < -0.4 is 4.90 Å². The summed E-state index contributed by atoms with van der Waals surface area (Å²) in [5.41, 5.74) is 3.53. The molecule has 0 amide bonds. The zero-order valence-corrected chi connectivity index (χ0v) is 17.5. The van der Waals surface area contributed by atoms with Gasteiger partial charge in [-0.25, -0.2) is 0 Å². The van der Waals surface area contributed by atoms with Gasteiger partial charge >= 0.3 is 0 Å². The number of hydrogen-bond donors (Lipinski definition) is 1. The number of nitrogens with zero attached hydrogens (tertiary/aromatic N) is 4. The molecule has 1 aliphatic heterocycles. The molecule has 3 aromatic rings. The third kappa shape index (κ3) is 3.82. The fraction of sp³-hybridized carbons (Fsp3) is 0.350. The number of thioether (sulfide) groups is 1. The Balaban J connectivity index is 1.63. The zero-order valence-electron chi connectivity index (χ0n) is 15.9. The lowest BCUT2D eigenvalue weighted by Gasteiger charge is -2.18. The highest BCUT2D eigenvalue weighted by Crippen LogP contribution is 2.30. The van der Waals surface area contributed by atoms with Crippen molar-refractivity contribution in [2.24, 2.45) is 0 Å². The molecule has 1 aliphatic rings. The van der Waals surface area contributed by atoms with Crippen LogP contribution in [-0.4, -0.2) is 44.4 Å². The molecule has 0 atom stereocenters. The zero-order chi connectivity index (χ0) is 19.7. The molecule has 1 saturated heterocycles. The van der Waals surface area contributed by atoms with Crippen LogP contribution in [0, 0.1) is 13.8 Å². The second-order valence-electron chi connectivity index (χ2n) is 6.99. The van der Waals surface area contributed by atoms with Crippen LogP contribution in [0.5, 0.6) is 0 Å². The summed E-state index contributed by atoms with van der Waals surface area (Å²) in [6, 6.07) is 9.54. The van der Waals surface area contributed by atoms with Crippen LogP contribution in [0.1, 0.15) is 34.6 Å². The molecule has 28 heavy (non-hydrogen) atoms. The average Bonchev–Trinajstić information content (AvgIpc) is 3.38. The number of carbonyl (C=O) groups excluding carboxylic acids is 1. The van der Waals surface area contributed by atoms with E-state index >= 15 is 0 Å². The summed E-state index contributed by atoms with van der Waals surface area (Å²) in [6.07, 6.45) is 2.30. The monoisotopic (exact) mass is 415 g/mol. The summed E-state index contributed by atoms with van der Waals surface area (Å²) in [4.78, 5) is 18.1. The van der Waals surface area contributed by atoms with Crippen molar-refractivity contribution in [1.82, 2.24) is 19.7 Å². The largest absolute Gasteiger partial charge is 0.362 e. The number of aryl methyl sites for hydroxylation is 2. The Morgan fingerprint density at radius 2 is 2.00 bits per heavy atom. The molecule has 0 radical (unpaired) electrons. The van der Waals surface area contributed by atoms with Gasteiger partial charge in [0.05, 0.1) is 11.4 Å². The van der Waals surface area contributed by atoms with Gasteiger partial charge in [0, 0.05) is 35.1 Å². The second kappa shape index (κ2) is 8.01. The molecule has 1 fully saturated rings. The molecule has 6 nitrogen and oxygen atoms in total. The van der Waals surface area contributed by atoms with Gasteiger partial charge < -0.3 is 9.88 Å². The fourth-order valence-electron chi connectivity index (χ4n) is 3.54. The third-order valence-electron chi connectivity index (χ3n) is 4.85. The maximum Gasteiger partial charge on any atom is 0.232 e. The first-order valence-electron chi connectivity index (χ1n) is 9.31. The number of rotatable bonds is 6. The van der Waals surface area contributed by atoms with E-state index in [9.17, 15) is 4.79 Å². The van der Waals surface area contributed by atoms with Crippen LogP contribution >= 0.6 is 23.4 Å². The Morgan fingerprint density at radius 1 is 1.21 bits per heavy atom. The number of halogens is 1. The highest BCUT2D eigenvalue weighted by atomic mass is 35.5. The normalized spacial score (nSPS) is 14.0. The summed E-state index contributed by atoms with van der Waals surface area (Å²) in [5, 5.41) is 10.2. The van der Waals surface area contributed by atoms with E-state index in [0.717, 1.165) is 54.5 Å². The van der Waals surface area contributed by atoms with Crippen molar-refractivity contribution in [3.05, 3.63) is 52.3 Å². The number of carbonyl (C=O) groups is 1. The predicted octanol–water partition coefficient (Wildman–Crippen LogP) is 4.44. The number of H-pyrrole nitrogens is 1. The highest BCUT2D eigenvalue weighted by molar-refractivity contribution is 7.99. The lowest BCUT2D eigenvalue weighted by atomic mass is 10.2. The Labute approximate surface area is 173 Å². The molecule has 146 valence electrons. The Bertz CT molecular complexity index is 1010. The minimum absolute atomic E-state index is 0.0789. The van der Waals surface area contributed by atoms with Gasteiger partial charge in [0.2, 0.25) is 5.95 Å². The predicted molar refractivity (Wildman–Crippen MR) is 113 cm³/mol. The lowest BCUT2D eigenvalue weighted by Crippen LogP contribution is -2.22. The Hall–Kier alpha value is -2.25. The Morgan fingerprint density at radius 3 is 2.68 bits per heavy atom. The van der Waals surface area contributed by atoms with Crippen LogP contribution in [-0.2, 0) is 0 Å². The molecule has 0 spiro atoms. The van der Waals surface area contributed by atoms with Crippen LogP contribution in [0.15, 0.2) is 35.5 Å². The number of Topliss-reactive ketones (excluding diaryl/α,β-unsaturated/α-hetero) is 1. The summed E-state index contributed by atoms with van der Waals surface area (Å²) in [5.74, 6) is 1.19. The van der Waals surface area contributed by atoms with Crippen molar-refractivity contribution in [3.8, 4) is 5.69 Å². The van der Waals surface area contributed by atoms with Crippen molar-refractivity contribution in [2.75, 3.05) is 23.7 Å². The standard InChI is InChI=1S/C20H22ClN5OS/c1-13-10-17(14(2)22-13)18(27)12-28-20-24-23-19(25-8-3-4-9-25)26(20)16-7-5-6-15(21)11-16/h5-7,10-11,22H,3-4,8-9,12H2,1-2H3. The minimum atomic E-state index is 0.0789. The number of ketones is 1. The van der Waals surface area contributed by atoms with Crippen molar-refractivity contribution in [1.29, 1.82) is 0 Å². The SMILES string of the molecule is Cc1cc(C(=O)CSc2nnc(N3CCCC3)n2-c2cccc(Cl)c2)c(C)[nH]1. The van der Waals surface area contributed by atoms with Crippen molar-refractivity contribution >= 4 is 35.1 Å². The number of aromatic amines is 1. The van der Waals surface area contributed by atoms with E-state index in [1.54, 1.807) is 0 Å². The van der Waals surface area contributed by atoms with E-state index < -0.39 is 0 Å². The van der Waals surface area contributed by atoms with Crippen molar-refractivity contribution in [3.63, 3.8) is 0 Å². The maximum absolute atomic E-state index is 12.7. The van der Waals surface area contributed by atoms with E-state index in [-0.39, 0.29) is 5.78 Å². The molecular formula is C20H22ClN5OS. The number of hydrogen-bond acceptors (Lipinski definition) is 5. The summed E-state index contributed by atoms with van der Waals surface area (Å²) in [7, 11) is 0. The van der Waals surface area contributed by atoms with E-state index in [4.69, 9.17) is 11.6 Å². The molecule has 2 aromatic heterocycles. The van der Waals surface area contributed by atoms with E-state index in [0.29, 0.717) is 15.9 Å². The van der Waals surface area contributed by atoms with Gasteiger partial charge in [0.1, 0.15) is 0 Å². The summed E-state index contributed by atoms with van der Waals surface area (Å²) in [6.45, 7) is 5.80. The van der Waals surface area contributed by atoms with E-state index in [1.807, 2.05) is 48.7 Å². The van der Waals surface area contributed by atoms with Gasteiger partial charge in [-0.15, -0.1) is 10.2 Å². The topological polar surface area (TPSA) is 66.8 Å². The number of benzene rings is 1. The first-order valence-corrected chi connectivity index (χ1v) is 10.7. The smallest absolute Gasteiger partial charge is 0.232 e. The average molecular weight is 416 g/mol. The van der Waals surface area contributed by atoms with Crippen molar-refractivity contribution in [2.45, 2.75) is 31.8 Å². The van der Waals surface area contributed by atoms with E-state index in [2.05, 4.69) is 20.1 Å². The number of nitrogens with one attached hydrogen (secondary N) is 1. The Kier molecular flexibility index (Phi) is 5.46. The van der Waals surface area contributed by atoms with Gasteiger partial charge in [-0.3, -0.25) is 9.36 Å². The lowest BCUT2D eigenvalue weighted by molar-refractivity contribution is 0.102.